The quantitative estimate of drug-likeness (QED) is 0.883. The van der Waals surface area contributed by atoms with E-state index >= 15 is 0 Å². The highest BCUT2D eigenvalue weighted by Crippen LogP contribution is 2.39. The molecule has 1 saturated heterocycles. The zero-order valence-electron chi connectivity index (χ0n) is 14.1. The third kappa shape index (κ3) is 3.42. The van der Waals surface area contributed by atoms with Crippen molar-refractivity contribution in [2.75, 3.05) is 25.5 Å². The van der Waals surface area contributed by atoms with Crippen LogP contribution in [0.15, 0.2) is 23.1 Å². The molecule has 1 heterocycles. The predicted molar refractivity (Wildman–Crippen MR) is 91.5 cm³/mol. The smallest absolute Gasteiger partial charge is 0.243 e. The van der Waals surface area contributed by atoms with Crippen LogP contribution in [0.4, 0.5) is 5.69 Å². The summed E-state index contributed by atoms with van der Waals surface area (Å²) in [6, 6.07) is 4.65. The zero-order valence-corrected chi connectivity index (χ0v) is 14.9. The Morgan fingerprint density at radius 2 is 1.92 bits per heavy atom. The Labute approximate surface area is 143 Å². The van der Waals surface area contributed by atoms with Crippen LogP contribution in [-0.2, 0) is 14.8 Å². The van der Waals surface area contributed by atoms with E-state index in [1.54, 1.807) is 6.07 Å². The second-order valence-electron chi connectivity index (χ2n) is 6.64. The van der Waals surface area contributed by atoms with Gasteiger partial charge in [-0.2, -0.15) is 4.31 Å². The lowest BCUT2D eigenvalue weighted by Crippen LogP contribution is -2.35. The molecule has 3 rings (SSSR count). The van der Waals surface area contributed by atoms with Crippen LogP contribution in [0.3, 0.4) is 0 Å². The Hall–Kier alpha value is -1.60. The second kappa shape index (κ2) is 6.72. The molecule has 0 aromatic heterocycles. The summed E-state index contributed by atoms with van der Waals surface area (Å²) in [6.07, 6.45) is 3.71. The van der Waals surface area contributed by atoms with Crippen LogP contribution in [-0.4, -0.2) is 38.8 Å². The molecule has 1 aliphatic heterocycles. The van der Waals surface area contributed by atoms with E-state index in [4.69, 9.17) is 4.74 Å². The number of sulfonamides is 1. The molecule has 1 aromatic carbocycles. The van der Waals surface area contributed by atoms with Gasteiger partial charge in [0.15, 0.2) is 0 Å². The summed E-state index contributed by atoms with van der Waals surface area (Å²) in [4.78, 5) is 12.4. The Kier molecular flexibility index (Phi) is 4.83. The maximum Gasteiger partial charge on any atom is 0.243 e. The first kappa shape index (κ1) is 17.2. The van der Waals surface area contributed by atoms with Crippen molar-refractivity contribution in [1.82, 2.24) is 4.31 Å². The minimum atomic E-state index is -3.53. The number of hydrogen-bond acceptors (Lipinski definition) is 4. The minimum absolute atomic E-state index is 0.0112. The number of carbonyl (C=O) groups excluding carboxylic acids is 1. The van der Waals surface area contributed by atoms with Gasteiger partial charge in [-0.05, 0) is 43.4 Å². The monoisotopic (exact) mass is 352 g/mol. The summed E-state index contributed by atoms with van der Waals surface area (Å²) in [5.41, 5.74) is 0.416. The zero-order chi connectivity index (χ0) is 17.3. The van der Waals surface area contributed by atoms with Gasteiger partial charge in [0.05, 0.1) is 17.7 Å². The summed E-state index contributed by atoms with van der Waals surface area (Å²) in [5, 5.41) is 2.82. The molecule has 1 saturated carbocycles. The van der Waals surface area contributed by atoms with Crippen molar-refractivity contribution in [2.24, 2.45) is 11.8 Å². The van der Waals surface area contributed by atoms with E-state index in [-0.39, 0.29) is 16.7 Å². The molecule has 7 heteroatoms. The molecular weight excluding hydrogens is 328 g/mol. The van der Waals surface area contributed by atoms with Crippen LogP contribution in [0.2, 0.25) is 0 Å². The van der Waals surface area contributed by atoms with Crippen LogP contribution in [0, 0.1) is 11.8 Å². The number of rotatable bonds is 5. The number of ether oxygens (including phenoxy) is 1. The molecule has 0 bridgehead atoms. The molecule has 2 fully saturated rings. The molecule has 0 radical (unpaired) electrons. The first-order valence-corrected chi connectivity index (χ1v) is 9.86. The molecule has 1 aromatic rings. The highest BCUT2D eigenvalue weighted by atomic mass is 32.2. The van der Waals surface area contributed by atoms with E-state index in [2.05, 4.69) is 5.32 Å². The fourth-order valence-electron chi connectivity index (χ4n) is 3.11. The number of benzene rings is 1. The third-order valence-electron chi connectivity index (χ3n) is 4.83. The Morgan fingerprint density at radius 1 is 1.25 bits per heavy atom. The van der Waals surface area contributed by atoms with Gasteiger partial charge >= 0.3 is 0 Å². The normalized spacial score (nSPS) is 24.4. The fraction of sp³-hybridized carbons (Fsp3) is 0.588. The number of nitrogens with zero attached hydrogens (tertiary/aromatic N) is 1. The maximum atomic E-state index is 12.8. The van der Waals surface area contributed by atoms with Gasteiger partial charge in [0.25, 0.3) is 0 Å². The van der Waals surface area contributed by atoms with E-state index in [9.17, 15) is 13.2 Å². The molecular formula is C17H24N2O4S. The first-order chi connectivity index (χ1) is 11.4. The fourth-order valence-corrected chi connectivity index (χ4v) is 4.66. The van der Waals surface area contributed by atoms with E-state index in [1.807, 2.05) is 6.92 Å². The van der Waals surface area contributed by atoms with E-state index in [0.29, 0.717) is 30.4 Å². The first-order valence-electron chi connectivity index (χ1n) is 8.42. The van der Waals surface area contributed by atoms with Crippen LogP contribution in [0.5, 0.6) is 5.75 Å². The van der Waals surface area contributed by atoms with Crippen LogP contribution in [0.25, 0.3) is 0 Å². The third-order valence-corrected chi connectivity index (χ3v) is 6.72. The lowest BCUT2D eigenvalue weighted by Gasteiger charge is -2.26. The molecule has 132 valence electrons. The van der Waals surface area contributed by atoms with Crippen LogP contribution >= 0.6 is 0 Å². The lowest BCUT2D eigenvalue weighted by atomic mass is 10.2. The van der Waals surface area contributed by atoms with Gasteiger partial charge in [0.2, 0.25) is 15.9 Å². The molecule has 1 amide bonds. The SMILES string of the molecule is COc1ccc(S(=O)(=O)N2CCCCC2)cc1NC(=O)[C@@H]1C[C@@H]1C. The molecule has 2 atom stereocenters. The summed E-state index contributed by atoms with van der Waals surface area (Å²) in [6.45, 7) is 3.13. The van der Waals surface area contributed by atoms with Crippen LogP contribution < -0.4 is 10.1 Å². The number of piperidine rings is 1. The second-order valence-corrected chi connectivity index (χ2v) is 8.57. The Morgan fingerprint density at radius 3 is 2.50 bits per heavy atom. The molecule has 6 nitrogen and oxygen atoms in total. The maximum absolute atomic E-state index is 12.8. The summed E-state index contributed by atoms with van der Waals surface area (Å²) in [5.74, 6) is 0.788. The van der Waals surface area contributed by atoms with Gasteiger partial charge in [-0.25, -0.2) is 8.42 Å². The Balaban J connectivity index is 1.86. The highest BCUT2D eigenvalue weighted by molar-refractivity contribution is 7.89. The largest absolute Gasteiger partial charge is 0.495 e. The topological polar surface area (TPSA) is 75.7 Å². The van der Waals surface area contributed by atoms with E-state index < -0.39 is 10.0 Å². The van der Waals surface area contributed by atoms with Crippen molar-refractivity contribution < 1.29 is 17.9 Å². The molecule has 24 heavy (non-hydrogen) atoms. The van der Waals surface area contributed by atoms with Gasteiger partial charge in [-0.15, -0.1) is 0 Å². The molecule has 1 aliphatic carbocycles. The van der Waals surface area contributed by atoms with Crippen LogP contribution in [0.1, 0.15) is 32.6 Å². The van der Waals surface area contributed by atoms with Crippen molar-refractivity contribution in [1.29, 1.82) is 0 Å². The molecule has 1 N–H and O–H groups in total. The van der Waals surface area contributed by atoms with Gasteiger partial charge in [-0.1, -0.05) is 13.3 Å². The molecule has 2 aliphatic rings. The van der Waals surface area contributed by atoms with Gasteiger partial charge in [0.1, 0.15) is 5.75 Å². The average molecular weight is 352 g/mol. The number of methoxy groups -OCH3 is 1. The van der Waals surface area contributed by atoms with E-state index in [0.717, 1.165) is 25.7 Å². The standard InChI is InChI=1S/C17H24N2O4S/c1-12-10-14(12)17(20)18-15-11-13(6-7-16(15)23-2)24(21,22)19-8-4-3-5-9-19/h6-7,11-12,14H,3-5,8-10H2,1-2H3,(H,18,20)/t12-,14+/m0/s1. The number of anilines is 1. The number of carbonyl (C=O) groups is 1. The predicted octanol–water partition coefficient (Wildman–Crippen LogP) is 2.46. The number of amides is 1. The van der Waals surface area contributed by atoms with Gasteiger partial charge in [-0.3, -0.25) is 4.79 Å². The van der Waals surface area contributed by atoms with E-state index in [1.165, 1.54) is 23.5 Å². The Bertz CT molecular complexity index is 726. The highest BCUT2D eigenvalue weighted by Gasteiger charge is 2.39. The van der Waals surface area contributed by atoms with Crippen molar-refractivity contribution >= 4 is 21.6 Å². The van der Waals surface area contributed by atoms with Crippen molar-refractivity contribution in [2.45, 2.75) is 37.5 Å². The van der Waals surface area contributed by atoms with Crippen molar-refractivity contribution in [3.63, 3.8) is 0 Å². The molecule has 0 unspecified atom stereocenters. The number of hydrogen-bond donors (Lipinski definition) is 1. The van der Waals surface area contributed by atoms with Gasteiger partial charge < -0.3 is 10.1 Å². The summed E-state index contributed by atoms with van der Waals surface area (Å²) < 4.78 is 32.4. The summed E-state index contributed by atoms with van der Waals surface area (Å²) >= 11 is 0. The van der Waals surface area contributed by atoms with Gasteiger partial charge in [0, 0.05) is 19.0 Å². The number of nitrogens with one attached hydrogen (secondary N) is 1. The lowest BCUT2D eigenvalue weighted by molar-refractivity contribution is -0.117. The minimum Gasteiger partial charge on any atom is -0.495 e. The molecule has 0 spiro atoms. The average Bonchev–Trinajstić information content (AvgIpc) is 3.32. The summed E-state index contributed by atoms with van der Waals surface area (Å²) in [7, 11) is -2.03. The van der Waals surface area contributed by atoms with Crippen molar-refractivity contribution in [3.8, 4) is 5.75 Å². The van der Waals surface area contributed by atoms with Crippen molar-refractivity contribution in [3.05, 3.63) is 18.2 Å².